The first-order valence-corrected chi connectivity index (χ1v) is 7.79. The molecule has 7 heteroatoms. The summed E-state index contributed by atoms with van der Waals surface area (Å²) in [5, 5.41) is 3.60. The maximum atomic E-state index is 12.0. The first-order chi connectivity index (χ1) is 8.36. The first kappa shape index (κ1) is 15.7. The molecule has 0 saturated carbocycles. The number of benzene rings is 1. The molecule has 0 amide bonds. The third kappa shape index (κ3) is 4.40. The third-order valence-corrected chi connectivity index (χ3v) is 4.46. The molecule has 0 saturated heterocycles. The quantitative estimate of drug-likeness (QED) is 0.847. The minimum atomic E-state index is -3.63. The molecule has 18 heavy (non-hydrogen) atoms. The highest BCUT2D eigenvalue weighted by atomic mass is 35.5. The maximum absolute atomic E-state index is 12.0. The number of sulfonamides is 1. The normalized spacial score (nSPS) is 13.6. The van der Waals surface area contributed by atoms with E-state index in [9.17, 15) is 8.42 Å². The van der Waals surface area contributed by atoms with Crippen LogP contribution in [0, 0.1) is 0 Å². The fraction of sp³-hybridized carbons (Fsp3) is 0.455. The fourth-order valence-electron chi connectivity index (χ4n) is 1.42. The Morgan fingerprint density at radius 1 is 1.33 bits per heavy atom. The average Bonchev–Trinajstić information content (AvgIpc) is 2.30. The lowest BCUT2D eigenvalue weighted by molar-refractivity contribution is 0.536. The predicted molar refractivity (Wildman–Crippen MR) is 74.8 cm³/mol. The van der Waals surface area contributed by atoms with Crippen LogP contribution in [0.2, 0.25) is 10.0 Å². The van der Waals surface area contributed by atoms with E-state index in [1.807, 2.05) is 13.8 Å². The molecule has 1 aromatic rings. The fourth-order valence-corrected chi connectivity index (χ4v) is 3.31. The maximum Gasteiger partial charge on any atom is 0.242 e. The van der Waals surface area contributed by atoms with Crippen molar-refractivity contribution in [1.82, 2.24) is 10.0 Å². The van der Waals surface area contributed by atoms with Crippen molar-refractivity contribution in [2.24, 2.45) is 0 Å². The van der Waals surface area contributed by atoms with Crippen molar-refractivity contribution in [2.45, 2.75) is 24.8 Å². The van der Waals surface area contributed by atoms with Crippen molar-refractivity contribution in [2.75, 3.05) is 13.1 Å². The third-order valence-electron chi connectivity index (χ3n) is 2.31. The van der Waals surface area contributed by atoms with Gasteiger partial charge in [0.1, 0.15) is 4.90 Å². The Morgan fingerprint density at radius 2 is 2.00 bits per heavy atom. The summed E-state index contributed by atoms with van der Waals surface area (Å²) in [6.07, 6.45) is 0. The molecule has 4 nitrogen and oxygen atoms in total. The molecule has 0 unspecified atom stereocenters. The Balaban J connectivity index is 2.83. The van der Waals surface area contributed by atoms with E-state index in [1.54, 1.807) is 6.07 Å². The second kappa shape index (κ2) is 6.73. The van der Waals surface area contributed by atoms with Crippen LogP contribution in [0.15, 0.2) is 23.1 Å². The second-order valence-corrected chi connectivity index (χ2v) is 6.46. The lowest BCUT2D eigenvalue weighted by atomic mass is 10.3. The van der Waals surface area contributed by atoms with Crippen molar-refractivity contribution < 1.29 is 8.42 Å². The van der Waals surface area contributed by atoms with Gasteiger partial charge in [0.15, 0.2) is 0 Å². The van der Waals surface area contributed by atoms with Crippen molar-refractivity contribution in [1.29, 1.82) is 0 Å². The van der Waals surface area contributed by atoms with E-state index in [1.165, 1.54) is 12.1 Å². The molecular formula is C11H16Cl2N2O2S. The highest BCUT2D eigenvalue weighted by Crippen LogP contribution is 2.24. The minimum absolute atomic E-state index is 0.000338. The molecule has 0 aliphatic rings. The molecule has 0 fully saturated rings. The molecule has 102 valence electrons. The van der Waals surface area contributed by atoms with Crippen LogP contribution in [-0.2, 0) is 10.0 Å². The number of likely N-dealkylation sites (N-methyl/N-ethyl adjacent to an activating group) is 1. The van der Waals surface area contributed by atoms with Crippen LogP contribution in [0.4, 0.5) is 0 Å². The molecule has 1 aromatic carbocycles. The van der Waals surface area contributed by atoms with E-state index in [0.717, 1.165) is 6.54 Å². The molecule has 0 aromatic heterocycles. The summed E-state index contributed by atoms with van der Waals surface area (Å²) < 4.78 is 26.6. The largest absolute Gasteiger partial charge is 0.313 e. The molecular weight excluding hydrogens is 295 g/mol. The number of nitrogens with one attached hydrogen (secondary N) is 2. The van der Waals surface area contributed by atoms with Gasteiger partial charge in [-0.05, 0) is 31.7 Å². The molecule has 0 aliphatic carbocycles. The number of hydrogen-bond donors (Lipinski definition) is 2. The van der Waals surface area contributed by atoms with Crippen molar-refractivity contribution in [3.05, 3.63) is 28.2 Å². The first-order valence-electron chi connectivity index (χ1n) is 5.55. The summed E-state index contributed by atoms with van der Waals surface area (Å²) in [6, 6.07) is 4.39. The van der Waals surface area contributed by atoms with E-state index in [-0.39, 0.29) is 16.0 Å². The van der Waals surface area contributed by atoms with Crippen LogP contribution >= 0.6 is 23.2 Å². The predicted octanol–water partition coefficient (Wildman–Crippen LogP) is 2.27. The van der Waals surface area contributed by atoms with E-state index < -0.39 is 10.0 Å². The standard InChI is InChI=1S/C11H16Cl2N2O2S/c1-3-14-8(2)7-15-18(16,17)11-6-9(12)4-5-10(11)13/h4-6,8,14-15H,3,7H2,1-2H3/t8-/m1/s1. The van der Waals surface area contributed by atoms with E-state index in [4.69, 9.17) is 23.2 Å². The zero-order valence-corrected chi connectivity index (χ0v) is 12.5. The van der Waals surface area contributed by atoms with Gasteiger partial charge in [-0.1, -0.05) is 30.1 Å². The summed E-state index contributed by atoms with van der Waals surface area (Å²) in [4.78, 5) is 0.000338. The van der Waals surface area contributed by atoms with Gasteiger partial charge in [-0.3, -0.25) is 0 Å². The Morgan fingerprint density at radius 3 is 2.61 bits per heavy atom. The van der Waals surface area contributed by atoms with Gasteiger partial charge in [0, 0.05) is 17.6 Å². The topological polar surface area (TPSA) is 58.2 Å². The zero-order chi connectivity index (χ0) is 13.8. The van der Waals surface area contributed by atoms with Gasteiger partial charge in [0.2, 0.25) is 10.0 Å². The van der Waals surface area contributed by atoms with Crippen LogP contribution < -0.4 is 10.0 Å². The van der Waals surface area contributed by atoms with Crippen LogP contribution in [0.1, 0.15) is 13.8 Å². The van der Waals surface area contributed by atoms with Gasteiger partial charge in [0.25, 0.3) is 0 Å². The van der Waals surface area contributed by atoms with Crippen molar-refractivity contribution in [3.8, 4) is 0 Å². The van der Waals surface area contributed by atoms with Crippen LogP contribution in [-0.4, -0.2) is 27.5 Å². The monoisotopic (exact) mass is 310 g/mol. The minimum Gasteiger partial charge on any atom is -0.313 e. The van der Waals surface area contributed by atoms with Crippen LogP contribution in [0.25, 0.3) is 0 Å². The van der Waals surface area contributed by atoms with Gasteiger partial charge < -0.3 is 5.32 Å². The lowest BCUT2D eigenvalue weighted by Crippen LogP contribution is -2.38. The molecule has 0 heterocycles. The summed E-state index contributed by atoms with van der Waals surface area (Å²) in [6.45, 7) is 4.92. The zero-order valence-electron chi connectivity index (χ0n) is 10.2. The van der Waals surface area contributed by atoms with Gasteiger partial charge in [-0.2, -0.15) is 0 Å². The molecule has 2 N–H and O–H groups in total. The van der Waals surface area contributed by atoms with E-state index in [0.29, 0.717) is 11.6 Å². The molecule has 1 atom stereocenters. The smallest absolute Gasteiger partial charge is 0.242 e. The Bertz CT molecular complexity index is 506. The average molecular weight is 311 g/mol. The Hall–Kier alpha value is -0.330. The second-order valence-electron chi connectivity index (χ2n) is 3.89. The molecule has 0 radical (unpaired) electrons. The lowest BCUT2D eigenvalue weighted by Gasteiger charge is -2.14. The summed E-state index contributed by atoms with van der Waals surface area (Å²) >= 11 is 11.6. The SMILES string of the molecule is CCN[C@H](C)CNS(=O)(=O)c1cc(Cl)ccc1Cl. The van der Waals surface area contributed by atoms with Crippen LogP contribution in [0.3, 0.4) is 0 Å². The van der Waals surface area contributed by atoms with Gasteiger partial charge in [-0.25, -0.2) is 13.1 Å². The summed E-state index contributed by atoms with van der Waals surface area (Å²) in [7, 11) is -3.63. The highest BCUT2D eigenvalue weighted by Gasteiger charge is 2.18. The van der Waals surface area contributed by atoms with E-state index >= 15 is 0 Å². The van der Waals surface area contributed by atoms with Gasteiger partial charge in [-0.15, -0.1) is 0 Å². The number of hydrogen-bond acceptors (Lipinski definition) is 3. The molecule has 0 aliphatic heterocycles. The Kier molecular flexibility index (Phi) is 5.88. The molecule has 1 rings (SSSR count). The van der Waals surface area contributed by atoms with Crippen molar-refractivity contribution in [3.63, 3.8) is 0 Å². The van der Waals surface area contributed by atoms with Gasteiger partial charge in [0.05, 0.1) is 5.02 Å². The van der Waals surface area contributed by atoms with Crippen LogP contribution in [0.5, 0.6) is 0 Å². The summed E-state index contributed by atoms with van der Waals surface area (Å²) in [5.74, 6) is 0. The number of halogens is 2. The Labute approximate surface area is 118 Å². The van der Waals surface area contributed by atoms with Gasteiger partial charge >= 0.3 is 0 Å². The highest BCUT2D eigenvalue weighted by molar-refractivity contribution is 7.89. The molecule has 0 spiro atoms. The summed E-state index contributed by atoms with van der Waals surface area (Å²) in [5.41, 5.74) is 0. The van der Waals surface area contributed by atoms with Crippen molar-refractivity contribution >= 4 is 33.2 Å². The van der Waals surface area contributed by atoms with E-state index in [2.05, 4.69) is 10.0 Å². The number of rotatable bonds is 6. The molecule has 0 bridgehead atoms.